The van der Waals surface area contributed by atoms with E-state index in [0.717, 1.165) is 26.5 Å². The summed E-state index contributed by atoms with van der Waals surface area (Å²) in [5, 5.41) is 9.02. The molecule has 0 bridgehead atoms. The van der Waals surface area contributed by atoms with Gasteiger partial charge in [-0.3, -0.25) is 29.0 Å². The average Bonchev–Trinajstić information content (AvgIpc) is 3.69. The first-order valence-corrected chi connectivity index (χ1v) is 22.4. The summed E-state index contributed by atoms with van der Waals surface area (Å²) >= 11 is 0. The van der Waals surface area contributed by atoms with E-state index >= 15 is 0 Å². The van der Waals surface area contributed by atoms with Crippen molar-refractivity contribution in [3.05, 3.63) is 154 Å². The normalized spacial score (nSPS) is 14.0. The predicted octanol–water partition coefficient (Wildman–Crippen LogP) is 8.99. The van der Waals surface area contributed by atoms with Crippen LogP contribution >= 0.6 is 8.53 Å². The highest BCUT2D eigenvalue weighted by molar-refractivity contribution is 7.44. The second kappa shape index (κ2) is 20.6. The van der Waals surface area contributed by atoms with Gasteiger partial charge in [0, 0.05) is 12.1 Å². The zero-order valence-corrected chi connectivity index (χ0v) is 38.1. The molecule has 0 aliphatic carbocycles. The van der Waals surface area contributed by atoms with Crippen LogP contribution < -0.4 is 14.2 Å². The van der Waals surface area contributed by atoms with E-state index in [1.807, 2.05) is 107 Å². The van der Waals surface area contributed by atoms with Gasteiger partial charge >= 0.3 is 0 Å². The van der Waals surface area contributed by atoms with Gasteiger partial charge in [0.2, 0.25) is 0 Å². The fourth-order valence-corrected chi connectivity index (χ4v) is 9.68. The van der Waals surface area contributed by atoms with Crippen LogP contribution in [-0.2, 0) is 19.4 Å². The summed E-state index contributed by atoms with van der Waals surface area (Å²) in [6, 6.07) is 36.4. The Balaban J connectivity index is 1.04. The Labute approximate surface area is 380 Å². The standard InChI is InChI=1S/C50H51N4O10P/c1-33(2)54(34(3)4)65(62-28-10-25-51)63-30-27-53-47(56)43-24-22-41(32-45(43)49(53)58)64-40-21-23-42-44(31-40)48(57)52(46(42)55)26-29-61-50(35-11-8-7-9-12-35,36-13-17-38(59-5)18-14-36)37-15-19-39(60-6)20-16-37/h7-9,11-24,31-34H,10,26-30H2,1-6H3. The largest absolute Gasteiger partial charge is 0.497 e. The Bertz CT molecular complexity index is 2510. The number of rotatable bonds is 21. The molecule has 0 fully saturated rings. The number of amides is 4. The fraction of sp³-hybridized carbons (Fsp3) is 0.300. The van der Waals surface area contributed by atoms with Crippen molar-refractivity contribution in [1.82, 2.24) is 14.5 Å². The molecule has 2 aliphatic heterocycles. The second-order valence-electron chi connectivity index (χ2n) is 15.8. The van der Waals surface area contributed by atoms with Crippen molar-refractivity contribution in [3.63, 3.8) is 0 Å². The van der Waals surface area contributed by atoms with Gasteiger partial charge in [0.25, 0.3) is 32.2 Å². The minimum Gasteiger partial charge on any atom is -0.497 e. The maximum absolute atomic E-state index is 13.9. The van der Waals surface area contributed by atoms with Crippen LogP contribution in [0.5, 0.6) is 23.0 Å². The molecule has 1 atom stereocenters. The van der Waals surface area contributed by atoms with Crippen molar-refractivity contribution in [3.8, 4) is 29.1 Å². The smallest absolute Gasteiger partial charge is 0.261 e. The lowest BCUT2D eigenvalue weighted by atomic mass is 9.80. The quantitative estimate of drug-likeness (QED) is 0.0299. The number of nitrogens with zero attached hydrogens (tertiary/aromatic N) is 4. The Kier molecular flexibility index (Phi) is 14.7. The molecule has 0 aromatic heterocycles. The molecular formula is C50H51N4O10P. The number of hydrogen-bond acceptors (Lipinski definition) is 12. The summed E-state index contributed by atoms with van der Waals surface area (Å²) in [6.45, 7) is 8.25. The zero-order valence-electron chi connectivity index (χ0n) is 37.2. The maximum Gasteiger partial charge on any atom is 0.261 e. The molecule has 1 unspecified atom stereocenters. The first-order valence-electron chi connectivity index (χ1n) is 21.3. The van der Waals surface area contributed by atoms with Crippen LogP contribution in [0.3, 0.4) is 0 Å². The molecule has 65 heavy (non-hydrogen) atoms. The number of fused-ring (bicyclic) bond motifs is 2. The minimum absolute atomic E-state index is 0.00822. The Hall–Kier alpha value is -6.46. The highest BCUT2D eigenvalue weighted by Gasteiger charge is 2.41. The fourth-order valence-electron chi connectivity index (χ4n) is 8.10. The molecule has 2 heterocycles. The van der Waals surface area contributed by atoms with Gasteiger partial charge in [-0.15, -0.1) is 0 Å². The first-order chi connectivity index (χ1) is 31.4. The van der Waals surface area contributed by atoms with Crippen LogP contribution in [0.15, 0.2) is 115 Å². The lowest BCUT2D eigenvalue weighted by molar-refractivity contribution is 0.00334. The van der Waals surface area contributed by atoms with E-state index < -0.39 is 37.8 Å². The number of carbonyl (C=O) groups is 4. The highest BCUT2D eigenvalue weighted by Crippen LogP contribution is 2.46. The maximum atomic E-state index is 13.9. The third kappa shape index (κ3) is 9.66. The SMILES string of the molecule is COc1ccc(C(OCCN2C(=O)c3ccc(Oc4ccc5c(c4)C(=O)N(CCOP(OCCC#N)N(C(C)C)C(C)C)C5=O)cc3C2=O)(c2ccccc2)c2ccc(OC)cc2)cc1. The van der Waals surface area contributed by atoms with Crippen molar-refractivity contribution < 1.29 is 47.2 Å². The molecule has 0 spiro atoms. The summed E-state index contributed by atoms with van der Waals surface area (Å²) in [6.07, 6.45) is 0.207. The molecule has 2 aliphatic rings. The Morgan fingerprint density at radius 1 is 0.569 bits per heavy atom. The number of methoxy groups -OCH3 is 2. The van der Waals surface area contributed by atoms with Crippen LogP contribution in [-0.4, -0.2) is 97.3 Å². The number of carbonyl (C=O) groups excluding carboxylic acids is 4. The molecule has 15 heteroatoms. The molecule has 336 valence electrons. The number of hydrogen-bond donors (Lipinski definition) is 0. The van der Waals surface area contributed by atoms with Crippen LogP contribution in [0, 0.1) is 11.3 Å². The van der Waals surface area contributed by atoms with Crippen molar-refractivity contribution in [2.45, 2.75) is 51.8 Å². The molecule has 7 rings (SSSR count). The van der Waals surface area contributed by atoms with E-state index in [-0.39, 0.29) is 85.2 Å². The zero-order chi connectivity index (χ0) is 46.3. The molecule has 5 aromatic rings. The van der Waals surface area contributed by atoms with Gasteiger partial charge in [-0.2, -0.15) is 5.26 Å². The van der Waals surface area contributed by atoms with Gasteiger partial charge in [0.15, 0.2) is 0 Å². The third-order valence-corrected chi connectivity index (χ3v) is 13.2. The van der Waals surface area contributed by atoms with Crippen molar-refractivity contribution in [2.24, 2.45) is 0 Å². The average molecular weight is 899 g/mol. The second-order valence-corrected chi connectivity index (χ2v) is 17.2. The Morgan fingerprint density at radius 2 is 1.00 bits per heavy atom. The molecular weight excluding hydrogens is 848 g/mol. The molecule has 4 amide bonds. The van der Waals surface area contributed by atoms with E-state index in [4.69, 9.17) is 33.3 Å². The van der Waals surface area contributed by atoms with E-state index in [1.165, 1.54) is 24.3 Å². The highest BCUT2D eigenvalue weighted by atomic mass is 31.2. The lowest BCUT2D eigenvalue weighted by Gasteiger charge is -2.36. The monoisotopic (exact) mass is 898 g/mol. The summed E-state index contributed by atoms with van der Waals surface area (Å²) < 4.78 is 38.1. The van der Waals surface area contributed by atoms with Crippen molar-refractivity contribution >= 4 is 32.2 Å². The molecule has 0 saturated heterocycles. The van der Waals surface area contributed by atoms with Gasteiger partial charge < -0.3 is 28.0 Å². The van der Waals surface area contributed by atoms with Gasteiger partial charge in [-0.05, 0) is 105 Å². The van der Waals surface area contributed by atoms with Crippen LogP contribution in [0.4, 0.5) is 0 Å². The van der Waals surface area contributed by atoms with Crippen molar-refractivity contribution in [1.29, 1.82) is 5.26 Å². The number of benzene rings is 5. The molecule has 0 N–H and O–H groups in total. The lowest BCUT2D eigenvalue weighted by Crippen LogP contribution is -2.38. The van der Waals surface area contributed by atoms with Crippen LogP contribution in [0.1, 0.15) is 92.2 Å². The van der Waals surface area contributed by atoms with Gasteiger partial charge in [0.1, 0.15) is 28.6 Å². The van der Waals surface area contributed by atoms with Gasteiger partial charge in [-0.25, -0.2) is 4.67 Å². The summed E-state index contributed by atoms with van der Waals surface area (Å²) in [5.74, 6) is -0.0543. The molecule has 0 radical (unpaired) electrons. The van der Waals surface area contributed by atoms with Crippen LogP contribution in [0.25, 0.3) is 0 Å². The molecule has 0 saturated carbocycles. The van der Waals surface area contributed by atoms with Gasteiger partial charge in [-0.1, -0.05) is 54.6 Å². The first kappa shape index (κ1) is 46.5. The molecule has 5 aromatic carbocycles. The summed E-state index contributed by atoms with van der Waals surface area (Å²) in [4.78, 5) is 56.9. The predicted molar refractivity (Wildman–Crippen MR) is 243 cm³/mol. The number of ether oxygens (including phenoxy) is 4. The van der Waals surface area contributed by atoms with E-state index in [0.29, 0.717) is 11.5 Å². The topological polar surface area (TPSA) is 157 Å². The number of nitriles is 1. The van der Waals surface area contributed by atoms with Crippen LogP contribution in [0.2, 0.25) is 0 Å². The summed E-state index contributed by atoms with van der Waals surface area (Å²) in [7, 11) is 1.65. The third-order valence-electron chi connectivity index (χ3n) is 11.1. The number of imide groups is 2. The van der Waals surface area contributed by atoms with Gasteiger partial charge in [0.05, 0.1) is 81.9 Å². The molecule has 14 nitrogen and oxygen atoms in total. The van der Waals surface area contributed by atoms with Crippen molar-refractivity contribution in [2.75, 3.05) is 47.1 Å². The Morgan fingerprint density at radius 3 is 1.46 bits per heavy atom. The van der Waals surface area contributed by atoms with E-state index in [9.17, 15) is 19.2 Å². The minimum atomic E-state index is -1.55. The van der Waals surface area contributed by atoms with E-state index in [1.54, 1.807) is 26.4 Å². The summed E-state index contributed by atoms with van der Waals surface area (Å²) in [5.41, 5.74) is 2.08. The van der Waals surface area contributed by atoms with E-state index in [2.05, 4.69) is 10.7 Å².